The highest BCUT2D eigenvalue weighted by atomic mass is 16.5. The Bertz CT molecular complexity index is 822. The fourth-order valence-electron chi connectivity index (χ4n) is 2.93. The van der Waals surface area contributed by atoms with Crippen molar-refractivity contribution >= 4 is 5.91 Å². The van der Waals surface area contributed by atoms with Crippen LogP contribution in [0.3, 0.4) is 0 Å². The van der Waals surface area contributed by atoms with Crippen LogP contribution in [0.15, 0.2) is 73.1 Å². The van der Waals surface area contributed by atoms with Crippen molar-refractivity contribution in [2.75, 3.05) is 7.11 Å². The van der Waals surface area contributed by atoms with Crippen molar-refractivity contribution in [2.24, 2.45) is 0 Å². The number of nitrogens with zero attached hydrogens (tertiary/aromatic N) is 1. The zero-order valence-corrected chi connectivity index (χ0v) is 15.2. The summed E-state index contributed by atoms with van der Waals surface area (Å²) in [4.78, 5) is 12.5. The molecule has 0 bridgehead atoms. The highest BCUT2D eigenvalue weighted by Gasteiger charge is 2.17. The van der Waals surface area contributed by atoms with E-state index in [1.165, 1.54) is 5.56 Å². The number of carbonyl (C=O) groups is 1. The predicted octanol–water partition coefficient (Wildman–Crippen LogP) is 4.10. The minimum atomic E-state index is -0.0125. The van der Waals surface area contributed by atoms with E-state index < -0.39 is 0 Å². The quantitative estimate of drug-likeness (QED) is 0.698. The van der Waals surface area contributed by atoms with Gasteiger partial charge < -0.3 is 14.6 Å². The predicted molar refractivity (Wildman–Crippen MR) is 103 cm³/mol. The average molecular weight is 348 g/mol. The Morgan fingerprint density at radius 3 is 2.31 bits per heavy atom. The maximum Gasteiger partial charge on any atom is 0.222 e. The molecule has 4 heteroatoms. The van der Waals surface area contributed by atoms with Crippen LogP contribution in [0.1, 0.15) is 29.2 Å². The fraction of sp³-hybridized carbons (Fsp3) is 0.227. The van der Waals surface area contributed by atoms with Gasteiger partial charge in [0.2, 0.25) is 5.91 Å². The second kappa shape index (κ2) is 8.39. The van der Waals surface area contributed by atoms with Crippen molar-refractivity contribution in [2.45, 2.75) is 25.9 Å². The van der Waals surface area contributed by atoms with Gasteiger partial charge in [0.1, 0.15) is 5.75 Å². The van der Waals surface area contributed by atoms with Gasteiger partial charge in [-0.2, -0.15) is 0 Å². The second-order valence-corrected chi connectivity index (χ2v) is 6.39. The number of methoxy groups -OCH3 is 1. The Morgan fingerprint density at radius 1 is 1.04 bits per heavy atom. The van der Waals surface area contributed by atoms with E-state index in [9.17, 15) is 4.79 Å². The van der Waals surface area contributed by atoms with Gasteiger partial charge in [0.25, 0.3) is 0 Å². The standard InChI is InChI=1S/C22H24N2O2/c1-17-5-9-19(10-6-17)21(24-13-3-4-14-24)15-22(25)23-16-18-7-11-20(26-2)12-8-18/h3-14,21H,15-16H2,1-2H3,(H,23,25). The molecule has 0 saturated carbocycles. The summed E-state index contributed by atoms with van der Waals surface area (Å²) in [7, 11) is 1.64. The molecular formula is C22H24N2O2. The van der Waals surface area contributed by atoms with Gasteiger partial charge in [0, 0.05) is 18.9 Å². The first kappa shape index (κ1) is 17.8. The van der Waals surface area contributed by atoms with Gasteiger partial charge in [-0.3, -0.25) is 4.79 Å². The topological polar surface area (TPSA) is 43.3 Å². The van der Waals surface area contributed by atoms with Crippen LogP contribution in [0, 0.1) is 6.92 Å². The van der Waals surface area contributed by atoms with Gasteiger partial charge in [-0.25, -0.2) is 0 Å². The summed E-state index contributed by atoms with van der Waals surface area (Å²) in [5.41, 5.74) is 3.39. The molecule has 1 atom stereocenters. The van der Waals surface area contributed by atoms with E-state index in [4.69, 9.17) is 4.74 Å². The Morgan fingerprint density at radius 2 is 1.69 bits per heavy atom. The summed E-state index contributed by atoms with van der Waals surface area (Å²) in [6.45, 7) is 2.57. The number of hydrogen-bond donors (Lipinski definition) is 1. The second-order valence-electron chi connectivity index (χ2n) is 6.39. The van der Waals surface area contributed by atoms with Gasteiger partial charge in [0.15, 0.2) is 0 Å². The van der Waals surface area contributed by atoms with Gasteiger partial charge in [-0.15, -0.1) is 0 Å². The first-order valence-corrected chi connectivity index (χ1v) is 8.74. The summed E-state index contributed by atoms with van der Waals surface area (Å²) in [6.07, 6.45) is 4.40. The Labute approximate surface area is 154 Å². The molecule has 0 fully saturated rings. The highest BCUT2D eigenvalue weighted by Crippen LogP contribution is 2.23. The van der Waals surface area contributed by atoms with Crippen LogP contribution < -0.4 is 10.1 Å². The molecule has 0 aliphatic heterocycles. The van der Waals surface area contributed by atoms with Crippen molar-refractivity contribution in [1.29, 1.82) is 0 Å². The van der Waals surface area contributed by atoms with Crippen LogP contribution >= 0.6 is 0 Å². The van der Waals surface area contributed by atoms with Crippen molar-refractivity contribution in [3.63, 3.8) is 0 Å². The third kappa shape index (κ3) is 4.54. The number of rotatable bonds is 7. The molecule has 2 aromatic carbocycles. The molecule has 26 heavy (non-hydrogen) atoms. The Balaban J connectivity index is 1.66. The smallest absolute Gasteiger partial charge is 0.222 e. The van der Waals surface area contributed by atoms with Gasteiger partial charge in [-0.1, -0.05) is 42.0 Å². The van der Waals surface area contributed by atoms with Crippen molar-refractivity contribution in [1.82, 2.24) is 9.88 Å². The summed E-state index contributed by atoms with van der Waals surface area (Å²) >= 11 is 0. The first-order valence-electron chi connectivity index (χ1n) is 8.74. The molecule has 3 aromatic rings. The lowest BCUT2D eigenvalue weighted by Gasteiger charge is -2.19. The normalized spacial score (nSPS) is 11.8. The number of ether oxygens (including phenoxy) is 1. The lowest BCUT2D eigenvalue weighted by atomic mass is 10.0. The maximum atomic E-state index is 12.5. The summed E-state index contributed by atoms with van der Waals surface area (Å²) in [5.74, 6) is 0.840. The van der Waals surface area contributed by atoms with E-state index in [1.807, 2.05) is 48.8 Å². The molecule has 0 aliphatic carbocycles. The monoisotopic (exact) mass is 348 g/mol. The van der Waals surface area contributed by atoms with E-state index >= 15 is 0 Å². The molecule has 0 radical (unpaired) electrons. The lowest BCUT2D eigenvalue weighted by Crippen LogP contribution is -2.26. The SMILES string of the molecule is COc1ccc(CNC(=O)CC(c2ccc(C)cc2)n2cccc2)cc1. The van der Waals surface area contributed by atoms with Crippen molar-refractivity contribution < 1.29 is 9.53 Å². The third-order valence-corrected chi connectivity index (χ3v) is 4.48. The van der Waals surface area contributed by atoms with Crippen LogP contribution in [0.5, 0.6) is 5.75 Å². The van der Waals surface area contributed by atoms with Crippen molar-refractivity contribution in [3.05, 3.63) is 89.7 Å². The lowest BCUT2D eigenvalue weighted by molar-refractivity contribution is -0.121. The molecule has 0 spiro atoms. The minimum Gasteiger partial charge on any atom is -0.497 e. The molecule has 0 aliphatic rings. The third-order valence-electron chi connectivity index (χ3n) is 4.48. The summed E-state index contributed by atoms with van der Waals surface area (Å²) in [5, 5.41) is 3.02. The average Bonchev–Trinajstić information content (AvgIpc) is 3.20. The Hall–Kier alpha value is -3.01. The molecule has 4 nitrogen and oxygen atoms in total. The molecule has 1 unspecified atom stereocenters. The van der Waals surface area contributed by atoms with Crippen LogP contribution in [0.4, 0.5) is 0 Å². The number of nitrogens with one attached hydrogen (secondary N) is 1. The van der Waals surface area contributed by atoms with E-state index in [2.05, 4.69) is 41.1 Å². The number of hydrogen-bond acceptors (Lipinski definition) is 2. The van der Waals surface area contributed by atoms with E-state index in [1.54, 1.807) is 7.11 Å². The Kier molecular flexibility index (Phi) is 5.74. The molecule has 0 saturated heterocycles. The molecule has 1 N–H and O–H groups in total. The van der Waals surface area contributed by atoms with E-state index in [0.717, 1.165) is 16.9 Å². The number of amides is 1. The summed E-state index contributed by atoms with van der Waals surface area (Å²) in [6, 6.07) is 20.0. The van der Waals surface area contributed by atoms with Crippen LogP contribution in [-0.4, -0.2) is 17.6 Å². The molecule has 1 amide bonds. The minimum absolute atomic E-state index is 0.0125. The number of carbonyl (C=O) groups excluding carboxylic acids is 1. The summed E-state index contributed by atoms with van der Waals surface area (Å²) < 4.78 is 7.24. The molecule has 1 aromatic heterocycles. The van der Waals surface area contributed by atoms with Crippen LogP contribution in [0.25, 0.3) is 0 Å². The maximum absolute atomic E-state index is 12.5. The molecule has 134 valence electrons. The fourth-order valence-corrected chi connectivity index (χ4v) is 2.93. The van der Waals surface area contributed by atoms with E-state index in [0.29, 0.717) is 13.0 Å². The van der Waals surface area contributed by atoms with Crippen molar-refractivity contribution in [3.8, 4) is 5.75 Å². The highest BCUT2D eigenvalue weighted by molar-refractivity contribution is 5.76. The molecule has 3 rings (SSSR count). The molecule has 1 heterocycles. The molecular weight excluding hydrogens is 324 g/mol. The van der Waals surface area contributed by atoms with Crippen LogP contribution in [-0.2, 0) is 11.3 Å². The zero-order valence-electron chi connectivity index (χ0n) is 15.2. The van der Waals surface area contributed by atoms with Gasteiger partial charge in [-0.05, 0) is 42.3 Å². The zero-order chi connectivity index (χ0) is 18.4. The first-order chi connectivity index (χ1) is 12.7. The largest absolute Gasteiger partial charge is 0.497 e. The van der Waals surface area contributed by atoms with Gasteiger partial charge >= 0.3 is 0 Å². The van der Waals surface area contributed by atoms with E-state index in [-0.39, 0.29) is 11.9 Å². The van der Waals surface area contributed by atoms with Crippen LogP contribution in [0.2, 0.25) is 0 Å². The number of benzene rings is 2. The number of aryl methyl sites for hydroxylation is 1. The van der Waals surface area contributed by atoms with Gasteiger partial charge in [0.05, 0.1) is 19.6 Å². The number of aromatic nitrogens is 1.